The molecule has 1 amide bonds. The molecule has 0 saturated heterocycles. The lowest BCUT2D eigenvalue weighted by atomic mass is 10.0. The van der Waals surface area contributed by atoms with Gasteiger partial charge in [-0.25, -0.2) is 4.79 Å². The first-order valence-corrected chi connectivity index (χ1v) is 39.4. The maximum atomic E-state index is 13.5. The topological polar surface area (TPSA) is 69.6 Å². The van der Waals surface area contributed by atoms with Crippen molar-refractivity contribution in [3.05, 3.63) is 35.4 Å². The van der Waals surface area contributed by atoms with Crippen molar-refractivity contribution in [2.75, 3.05) is 26.2 Å². The van der Waals surface area contributed by atoms with Gasteiger partial charge in [-0.15, -0.1) is 0 Å². The predicted molar refractivity (Wildman–Crippen MR) is 380 cm³/mol. The number of hydrogen-bond donors (Lipinski definition) is 2. The van der Waals surface area contributed by atoms with Gasteiger partial charge < -0.3 is 15.3 Å². The Morgan fingerprint density at radius 1 is 0.271 bits per heavy atom. The molecular formula is C80H154N2O3. The fourth-order valence-electron chi connectivity index (χ4n) is 12.8. The van der Waals surface area contributed by atoms with Gasteiger partial charge in [-0.2, -0.15) is 0 Å². The Morgan fingerprint density at radius 2 is 0.447 bits per heavy atom. The number of rotatable bonds is 70. The molecule has 5 nitrogen and oxygen atoms in total. The van der Waals surface area contributed by atoms with Crippen molar-refractivity contribution in [1.82, 2.24) is 10.2 Å². The first kappa shape index (κ1) is 83.1. The van der Waals surface area contributed by atoms with E-state index in [1.807, 2.05) is 4.90 Å². The molecule has 0 aliphatic rings. The van der Waals surface area contributed by atoms with Crippen LogP contribution in [0.5, 0.6) is 0 Å². The Hall–Kier alpha value is -1.88. The second-order valence-electron chi connectivity index (χ2n) is 27.1. The van der Waals surface area contributed by atoms with Crippen molar-refractivity contribution in [1.29, 1.82) is 0 Å². The van der Waals surface area contributed by atoms with E-state index < -0.39 is 5.97 Å². The van der Waals surface area contributed by atoms with E-state index in [0.717, 1.165) is 38.8 Å². The normalized spacial score (nSPS) is 11.4. The van der Waals surface area contributed by atoms with Crippen LogP contribution in [0.25, 0.3) is 0 Å². The molecule has 2 N–H and O–H groups in total. The predicted octanol–water partition coefficient (Wildman–Crippen LogP) is 27.4. The molecule has 0 saturated carbocycles. The number of carboxylic acid groups (broad SMARTS) is 1. The van der Waals surface area contributed by atoms with E-state index >= 15 is 0 Å². The molecule has 0 bridgehead atoms. The maximum Gasteiger partial charge on any atom is 0.336 e. The van der Waals surface area contributed by atoms with Crippen LogP contribution in [-0.4, -0.2) is 48.1 Å². The summed E-state index contributed by atoms with van der Waals surface area (Å²) in [5.41, 5.74) is 0.449. The number of amides is 1. The van der Waals surface area contributed by atoms with E-state index in [4.69, 9.17) is 0 Å². The minimum atomic E-state index is -1.02. The van der Waals surface area contributed by atoms with Gasteiger partial charge in [0.25, 0.3) is 5.91 Å². The van der Waals surface area contributed by atoms with E-state index in [1.54, 1.807) is 24.3 Å². The number of nitrogens with zero attached hydrogens (tertiary/aromatic N) is 1. The number of unbranched alkanes of at least 4 members (excludes halogenated alkanes) is 60. The minimum Gasteiger partial charge on any atom is -0.478 e. The third-order valence-electron chi connectivity index (χ3n) is 18.7. The molecule has 1 aromatic rings. The quantitative estimate of drug-likeness (QED) is 0.0638. The third-order valence-corrected chi connectivity index (χ3v) is 18.7. The summed E-state index contributed by atoms with van der Waals surface area (Å²) in [4.78, 5) is 27.3. The first-order valence-electron chi connectivity index (χ1n) is 39.4. The van der Waals surface area contributed by atoms with Crippen LogP contribution < -0.4 is 5.32 Å². The summed E-state index contributed by atoms with van der Waals surface area (Å²) in [6.45, 7) is 13.1. The largest absolute Gasteiger partial charge is 0.478 e. The number of hydrogen-bond acceptors (Lipinski definition) is 3. The molecule has 85 heavy (non-hydrogen) atoms. The first-order chi connectivity index (χ1) is 42.0. The summed E-state index contributed by atoms with van der Waals surface area (Å²) in [7, 11) is 0. The fraction of sp³-hybridized carbons (Fsp3) is 0.900. The van der Waals surface area contributed by atoms with E-state index in [9.17, 15) is 14.7 Å². The summed E-state index contributed by atoms with van der Waals surface area (Å²) in [6, 6.07) is 6.72. The zero-order valence-corrected chi connectivity index (χ0v) is 58.6. The van der Waals surface area contributed by atoms with Crippen LogP contribution in [0.3, 0.4) is 0 Å². The zero-order valence-electron chi connectivity index (χ0n) is 58.6. The van der Waals surface area contributed by atoms with Gasteiger partial charge in [0.1, 0.15) is 0 Å². The van der Waals surface area contributed by atoms with Crippen LogP contribution in [0.4, 0.5) is 0 Å². The lowest BCUT2D eigenvalue weighted by molar-refractivity contribution is 0.0673. The highest BCUT2D eigenvalue weighted by molar-refractivity contribution is 6.04. The molecule has 1 aromatic carbocycles. The molecule has 0 aliphatic carbocycles. The molecule has 0 unspecified atom stereocenters. The van der Waals surface area contributed by atoms with E-state index in [-0.39, 0.29) is 11.5 Å². The lowest BCUT2D eigenvalue weighted by Crippen LogP contribution is -2.34. The summed E-state index contributed by atoms with van der Waals surface area (Å²) in [5.74, 6) is -1.14. The molecular weight excluding hydrogens is 1040 g/mol. The highest BCUT2D eigenvalue weighted by atomic mass is 16.4. The number of carbonyl (C=O) groups excluding carboxylic acids is 1. The molecule has 0 spiro atoms. The van der Waals surface area contributed by atoms with E-state index in [1.165, 1.54) is 398 Å². The molecule has 502 valence electrons. The van der Waals surface area contributed by atoms with Crippen molar-refractivity contribution in [3.8, 4) is 0 Å². The molecule has 5 heteroatoms. The van der Waals surface area contributed by atoms with Gasteiger partial charge in [0.15, 0.2) is 0 Å². The van der Waals surface area contributed by atoms with Gasteiger partial charge in [0, 0.05) is 13.1 Å². The van der Waals surface area contributed by atoms with Crippen LogP contribution >= 0.6 is 0 Å². The molecule has 0 aliphatic heterocycles. The SMILES string of the molecule is CCCCCCCCCCCCCCCCCCN(CCCCCCCCCCCCCCCCCC)C(=O)c1ccccc1C(=O)O.CCCCCCCCCCCCCCCCCCNCCCCCCCCCCCCCCCCCC. The molecule has 1 rings (SSSR count). The molecule has 0 radical (unpaired) electrons. The average molecular weight is 1190 g/mol. The second kappa shape index (κ2) is 72.9. The maximum absolute atomic E-state index is 13.5. The van der Waals surface area contributed by atoms with E-state index in [0.29, 0.717) is 5.56 Å². The van der Waals surface area contributed by atoms with Gasteiger partial charge in [-0.3, -0.25) is 4.79 Å². The summed E-state index contributed by atoms with van der Waals surface area (Å²) in [5, 5.41) is 13.4. The molecule has 0 fully saturated rings. The Kier molecular flexibility index (Phi) is 71.2. The molecule has 0 heterocycles. The summed E-state index contributed by atoms with van der Waals surface area (Å²) in [6.07, 6.45) is 89.4. The molecule has 0 aromatic heterocycles. The number of benzene rings is 1. The highest BCUT2D eigenvalue weighted by Crippen LogP contribution is 2.20. The van der Waals surface area contributed by atoms with Gasteiger partial charge in [-0.1, -0.05) is 425 Å². The summed E-state index contributed by atoms with van der Waals surface area (Å²) >= 11 is 0. The Balaban J connectivity index is 0.00000172. The van der Waals surface area contributed by atoms with Gasteiger partial charge >= 0.3 is 5.97 Å². The number of carboxylic acids is 1. The van der Waals surface area contributed by atoms with E-state index in [2.05, 4.69) is 33.0 Å². The smallest absolute Gasteiger partial charge is 0.336 e. The third kappa shape index (κ3) is 63.5. The summed E-state index contributed by atoms with van der Waals surface area (Å²) < 4.78 is 0. The average Bonchev–Trinajstić information content (AvgIpc) is 3.63. The lowest BCUT2D eigenvalue weighted by Gasteiger charge is -2.23. The monoisotopic (exact) mass is 1190 g/mol. The number of nitrogens with one attached hydrogen (secondary N) is 1. The standard InChI is InChI=1S/C44H79NO3.C36H75N/c1-3-5-7-9-11-13-15-17-19-21-23-25-27-29-31-35-39-45(43(46)41-37-33-34-38-42(41)44(47)48)40-36-32-30-28-26-24-22-20-18-16-14-12-10-8-6-4-2;1-3-5-7-9-11-13-15-17-19-21-23-25-27-29-31-33-35-37-36-34-32-30-28-26-24-22-20-18-16-14-12-10-8-6-4-2/h33-34,37-38H,3-32,35-36,39-40H2,1-2H3,(H,47,48);37H,3-36H2,1-2H3. The fourth-order valence-corrected chi connectivity index (χ4v) is 12.8. The second-order valence-corrected chi connectivity index (χ2v) is 27.1. The Morgan fingerprint density at radius 3 is 0.647 bits per heavy atom. The van der Waals surface area contributed by atoms with Gasteiger partial charge in [0.2, 0.25) is 0 Å². The minimum absolute atomic E-state index is 0.116. The molecule has 0 atom stereocenters. The van der Waals surface area contributed by atoms with Crippen LogP contribution in [0.2, 0.25) is 0 Å². The Labute approximate surface area is 534 Å². The van der Waals surface area contributed by atoms with Crippen molar-refractivity contribution in [2.45, 2.75) is 439 Å². The Bertz CT molecular complexity index is 1360. The zero-order chi connectivity index (χ0) is 61.5. The van der Waals surface area contributed by atoms with Crippen LogP contribution in [-0.2, 0) is 0 Å². The van der Waals surface area contributed by atoms with Crippen LogP contribution in [0, 0.1) is 0 Å². The van der Waals surface area contributed by atoms with Crippen molar-refractivity contribution >= 4 is 11.9 Å². The van der Waals surface area contributed by atoms with Crippen LogP contribution in [0.15, 0.2) is 24.3 Å². The van der Waals surface area contributed by atoms with Crippen molar-refractivity contribution < 1.29 is 14.7 Å². The highest BCUT2D eigenvalue weighted by Gasteiger charge is 2.21. The van der Waals surface area contributed by atoms with Crippen molar-refractivity contribution in [3.63, 3.8) is 0 Å². The van der Waals surface area contributed by atoms with Crippen LogP contribution in [0.1, 0.15) is 459 Å². The number of aromatic carboxylic acids is 1. The van der Waals surface area contributed by atoms with Gasteiger partial charge in [-0.05, 0) is 50.9 Å². The number of carbonyl (C=O) groups is 2. The van der Waals surface area contributed by atoms with Gasteiger partial charge in [0.05, 0.1) is 11.1 Å². The van der Waals surface area contributed by atoms with Crippen molar-refractivity contribution in [2.24, 2.45) is 0 Å².